The first kappa shape index (κ1) is 14.8. The third kappa shape index (κ3) is 2.50. The minimum absolute atomic E-state index is 0.111. The summed E-state index contributed by atoms with van der Waals surface area (Å²) >= 11 is 0. The predicted octanol–water partition coefficient (Wildman–Crippen LogP) is 1.02. The molecule has 1 saturated heterocycles. The molecule has 2 N–H and O–H groups in total. The highest BCUT2D eigenvalue weighted by Crippen LogP contribution is 2.29. The molecule has 1 aromatic heterocycles. The van der Waals surface area contributed by atoms with Crippen molar-refractivity contribution in [2.24, 2.45) is 18.2 Å². The summed E-state index contributed by atoms with van der Waals surface area (Å²) < 4.78 is 2.02. The Labute approximate surface area is 119 Å². The number of nitrogens with two attached hydrogens (primary N) is 1. The largest absolute Gasteiger partial charge is 0.369 e. The van der Waals surface area contributed by atoms with Crippen LogP contribution in [-0.2, 0) is 11.8 Å². The number of aromatic nitrogens is 1. The summed E-state index contributed by atoms with van der Waals surface area (Å²) in [5, 5.41) is 0. The van der Waals surface area contributed by atoms with Crippen molar-refractivity contribution in [3.8, 4) is 0 Å². The molecule has 1 unspecified atom stereocenters. The number of hydrogen-bond acceptors (Lipinski definition) is 3. The van der Waals surface area contributed by atoms with Gasteiger partial charge in [0.25, 0.3) is 0 Å². The number of carbonyl (C=O) groups excluding carboxylic acids is 2. The molecule has 1 fully saturated rings. The first-order chi connectivity index (χ1) is 9.24. The fourth-order valence-corrected chi connectivity index (χ4v) is 2.82. The quantitative estimate of drug-likeness (QED) is 0.836. The van der Waals surface area contributed by atoms with Crippen molar-refractivity contribution in [1.29, 1.82) is 0 Å². The molecule has 110 valence electrons. The zero-order chi connectivity index (χ0) is 15.1. The van der Waals surface area contributed by atoms with E-state index in [4.69, 9.17) is 5.73 Å². The number of aryl methyl sites for hydroxylation is 1. The van der Waals surface area contributed by atoms with Crippen LogP contribution in [0.4, 0.5) is 0 Å². The second kappa shape index (κ2) is 5.05. The molecular formula is C15H23N3O2. The molecule has 0 aromatic carbocycles. The Bertz CT molecular complexity index is 562. The van der Waals surface area contributed by atoms with Crippen LogP contribution in [0.25, 0.3) is 0 Å². The van der Waals surface area contributed by atoms with E-state index in [2.05, 4.69) is 0 Å². The van der Waals surface area contributed by atoms with E-state index in [0.717, 1.165) is 29.9 Å². The second-order valence-corrected chi connectivity index (χ2v) is 6.15. The van der Waals surface area contributed by atoms with E-state index >= 15 is 0 Å². The van der Waals surface area contributed by atoms with E-state index < -0.39 is 5.41 Å². The van der Waals surface area contributed by atoms with Crippen LogP contribution in [0.1, 0.15) is 35.1 Å². The summed E-state index contributed by atoms with van der Waals surface area (Å²) in [5.74, 6) is -0.167. The third-order valence-electron chi connectivity index (χ3n) is 4.59. The lowest BCUT2D eigenvalue weighted by atomic mass is 9.89. The Morgan fingerprint density at radius 3 is 2.50 bits per heavy atom. The molecule has 0 bridgehead atoms. The average molecular weight is 277 g/mol. The molecule has 0 aliphatic carbocycles. The fourth-order valence-electron chi connectivity index (χ4n) is 2.82. The van der Waals surface area contributed by atoms with Crippen LogP contribution >= 0.6 is 0 Å². The van der Waals surface area contributed by atoms with Gasteiger partial charge >= 0.3 is 0 Å². The zero-order valence-corrected chi connectivity index (χ0v) is 12.7. The molecule has 1 amide bonds. The number of carbonyl (C=O) groups is 2. The van der Waals surface area contributed by atoms with E-state index in [1.165, 1.54) is 0 Å². The monoisotopic (exact) mass is 277 g/mol. The molecule has 1 aromatic rings. The van der Waals surface area contributed by atoms with E-state index in [1.807, 2.05) is 43.4 Å². The summed E-state index contributed by atoms with van der Waals surface area (Å²) in [4.78, 5) is 25.9. The number of likely N-dealkylation sites (tertiary alicyclic amines) is 1. The normalized spacial score (nSPS) is 23.2. The minimum atomic E-state index is -0.498. The molecule has 2 heterocycles. The maximum Gasteiger partial charge on any atom is 0.224 e. The highest BCUT2D eigenvalue weighted by atomic mass is 16.1. The maximum atomic E-state index is 12.4. The Morgan fingerprint density at radius 1 is 1.40 bits per heavy atom. The lowest BCUT2D eigenvalue weighted by Crippen LogP contribution is -2.38. The van der Waals surface area contributed by atoms with Crippen LogP contribution in [0.3, 0.4) is 0 Å². The molecule has 1 aliphatic heterocycles. The maximum absolute atomic E-state index is 12.4. The molecular weight excluding hydrogens is 254 g/mol. The number of hydrogen-bond donors (Lipinski definition) is 1. The van der Waals surface area contributed by atoms with Gasteiger partial charge in [-0.3, -0.25) is 14.5 Å². The van der Waals surface area contributed by atoms with Gasteiger partial charge in [0.15, 0.2) is 5.78 Å². The van der Waals surface area contributed by atoms with Crippen molar-refractivity contribution in [1.82, 2.24) is 9.47 Å². The second-order valence-electron chi connectivity index (χ2n) is 6.15. The van der Waals surface area contributed by atoms with Crippen LogP contribution in [-0.4, -0.2) is 40.8 Å². The average Bonchev–Trinajstić information content (AvgIpc) is 2.87. The van der Waals surface area contributed by atoms with Gasteiger partial charge in [-0.1, -0.05) is 0 Å². The Balaban J connectivity index is 2.06. The number of primary amides is 1. The van der Waals surface area contributed by atoms with Crippen molar-refractivity contribution in [3.05, 3.63) is 23.0 Å². The van der Waals surface area contributed by atoms with Crippen LogP contribution in [0, 0.1) is 19.3 Å². The summed E-state index contributed by atoms with van der Waals surface area (Å²) in [6.07, 6.45) is 0.725. The fraction of sp³-hybridized carbons (Fsp3) is 0.600. The third-order valence-corrected chi connectivity index (χ3v) is 4.59. The topological polar surface area (TPSA) is 68.3 Å². The van der Waals surface area contributed by atoms with Gasteiger partial charge in [0, 0.05) is 30.5 Å². The standard InChI is InChI=1S/C15H23N3O2/c1-10-7-12(11(2)17(10)4)13(19)8-18-6-5-15(3,9-18)14(16)20/h7H,5-6,8-9H2,1-4H3,(H2,16,20). The molecule has 20 heavy (non-hydrogen) atoms. The van der Waals surface area contributed by atoms with E-state index in [0.29, 0.717) is 13.1 Å². The summed E-state index contributed by atoms with van der Waals surface area (Å²) in [6.45, 7) is 7.49. The van der Waals surface area contributed by atoms with Gasteiger partial charge in [0.05, 0.1) is 12.0 Å². The van der Waals surface area contributed by atoms with Gasteiger partial charge in [-0.2, -0.15) is 0 Å². The molecule has 0 radical (unpaired) electrons. The number of Topliss-reactive ketones (excluding diaryl/α,β-unsaturated/α-hetero) is 1. The highest BCUT2D eigenvalue weighted by molar-refractivity contribution is 5.99. The minimum Gasteiger partial charge on any atom is -0.369 e. The van der Waals surface area contributed by atoms with Crippen molar-refractivity contribution in [2.45, 2.75) is 27.2 Å². The number of amides is 1. The van der Waals surface area contributed by atoms with Gasteiger partial charge in [-0.15, -0.1) is 0 Å². The van der Waals surface area contributed by atoms with Crippen molar-refractivity contribution in [3.63, 3.8) is 0 Å². The molecule has 5 nitrogen and oxygen atoms in total. The van der Waals surface area contributed by atoms with Crippen LogP contribution in [0.15, 0.2) is 6.07 Å². The number of ketones is 1. The van der Waals surface area contributed by atoms with Crippen molar-refractivity contribution in [2.75, 3.05) is 19.6 Å². The van der Waals surface area contributed by atoms with Crippen LogP contribution in [0.2, 0.25) is 0 Å². The first-order valence-corrected chi connectivity index (χ1v) is 6.93. The Hall–Kier alpha value is -1.62. The molecule has 0 spiro atoms. The number of nitrogens with zero attached hydrogens (tertiary/aromatic N) is 2. The molecule has 2 rings (SSSR count). The Morgan fingerprint density at radius 2 is 2.05 bits per heavy atom. The molecule has 0 saturated carbocycles. The summed E-state index contributed by atoms with van der Waals surface area (Å²) in [5.41, 5.74) is 7.78. The SMILES string of the molecule is Cc1cc(C(=O)CN2CCC(C)(C(N)=O)C2)c(C)n1C. The summed E-state index contributed by atoms with van der Waals surface area (Å²) in [7, 11) is 1.96. The first-order valence-electron chi connectivity index (χ1n) is 6.93. The Kier molecular flexibility index (Phi) is 3.73. The molecule has 1 aliphatic rings. The van der Waals surface area contributed by atoms with E-state index in [-0.39, 0.29) is 11.7 Å². The predicted molar refractivity (Wildman–Crippen MR) is 77.6 cm³/mol. The number of rotatable bonds is 4. The lowest BCUT2D eigenvalue weighted by Gasteiger charge is -2.20. The van der Waals surface area contributed by atoms with Crippen LogP contribution < -0.4 is 5.73 Å². The zero-order valence-electron chi connectivity index (χ0n) is 12.7. The van der Waals surface area contributed by atoms with Gasteiger partial charge in [0.1, 0.15) is 0 Å². The highest BCUT2D eigenvalue weighted by Gasteiger charge is 2.39. The van der Waals surface area contributed by atoms with Crippen molar-refractivity contribution >= 4 is 11.7 Å². The molecule has 1 atom stereocenters. The van der Waals surface area contributed by atoms with Gasteiger partial charge < -0.3 is 10.3 Å². The van der Waals surface area contributed by atoms with E-state index in [1.54, 1.807) is 0 Å². The van der Waals surface area contributed by atoms with E-state index in [9.17, 15) is 9.59 Å². The van der Waals surface area contributed by atoms with Crippen molar-refractivity contribution < 1.29 is 9.59 Å². The van der Waals surface area contributed by atoms with Gasteiger partial charge in [-0.05, 0) is 39.8 Å². The molecule has 5 heteroatoms. The van der Waals surface area contributed by atoms with Crippen LogP contribution in [0.5, 0.6) is 0 Å². The summed E-state index contributed by atoms with van der Waals surface area (Å²) in [6, 6.07) is 1.93. The van der Waals surface area contributed by atoms with Gasteiger partial charge in [0.2, 0.25) is 5.91 Å². The lowest BCUT2D eigenvalue weighted by molar-refractivity contribution is -0.126. The van der Waals surface area contributed by atoms with Gasteiger partial charge in [-0.25, -0.2) is 0 Å². The smallest absolute Gasteiger partial charge is 0.224 e.